The van der Waals surface area contributed by atoms with Gasteiger partial charge in [-0.3, -0.25) is 4.79 Å². The van der Waals surface area contributed by atoms with Gasteiger partial charge in [0.1, 0.15) is 5.84 Å². The average Bonchev–Trinajstić information content (AvgIpc) is 2.58. The summed E-state index contributed by atoms with van der Waals surface area (Å²) in [6.45, 7) is 0.362. The molecule has 0 amide bonds. The molecule has 88 valence electrons. The predicted octanol–water partition coefficient (Wildman–Crippen LogP) is 2.13. The number of aliphatic hydroxyl groups is 1. The Balaban J connectivity index is 2.12. The number of fused-ring (bicyclic) bond motifs is 2. The van der Waals surface area contributed by atoms with Crippen LogP contribution in [0.3, 0.4) is 0 Å². The number of carbonyl (C=O) groups is 1. The minimum absolute atomic E-state index is 0.168. The van der Waals surface area contributed by atoms with Crippen LogP contribution in [-0.2, 0) is 11.3 Å². The first-order valence-electron chi connectivity index (χ1n) is 5.10. The Morgan fingerprint density at radius 1 is 1.41 bits per heavy atom. The minimum atomic E-state index is -1.11. The van der Waals surface area contributed by atoms with Gasteiger partial charge in [0.15, 0.2) is 12.0 Å². The van der Waals surface area contributed by atoms with Crippen molar-refractivity contribution in [3.63, 3.8) is 0 Å². The molecule has 4 nitrogen and oxygen atoms in total. The second-order valence-corrected chi connectivity index (χ2v) is 4.82. The highest BCUT2D eigenvalue weighted by Gasteiger charge is 2.38. The number of amidine groups is 1. The first-order chi connectivity index (χ1) is 8.08. The van der Waals surface area contributed by atoms with Gasteiger partial charge >= 0.3 is 0 Å². The summed E-state index contributed by atoms with van der Waals surface area (Å²) in [5.74, 6) is 0.354. The lowest BCUT2D eigenvalue weighted by Gasteiger charge is -2.27. The van der Waals surface area contributed by atoms with Crippen molar-refractivity contribution < 1.29 is 9.90 Å². The molecule has 1 N–H and O–H groups in total. The Hall–Kier alpha value is -1.10. The van der Waals surface area contributed by atoms with Crippen LogP contribution in [0.25, 0.3) is 0 Å². The SMILES string of the molecule is O=C1CC2=Nc3ccc(Cl)c(Cl)c3CN2C1O. The van der Waals surface area contributed by atoms with Crippen molar-refractivity contribution in [3.8, 4) is 0 Å². The number of Topliss-reactive ketones (excluding diaryl/α,β-unsaturated/α-hetero) is 1. The quantitative estimate of drug-likeness (QED) is 0.786. The highest BCUT2D eigenvalue weighted by molar-refractivity contribution is 6.42. The summed E-state index contributed by atoms with van der Waals surface area (Å²) < 4.78 is 0. The van der Waals surface area contributed by atoms with Gasteiger partial charge in [0.05, 0.1) is 28.7 Å². The first kappa shape index (κ1) is 11.0. The number of hydrogen-bond donors (Lipinski definition) is 1. The molecule has 2 aliphatic rings. The van der Waals surface area contributed by atoms with Crippen LogP contribution in [0.4, 0.5) is 5.69 Å². The van der Waals surface area contributed by atoms with E-state index in [0.29, 0.717) is 28.1 Å². The molecular formula is C11H8Cl2N2O2. The first-order valence-corrected chi connectivity index (χ1v) is 5.85. The van der Waals surface area contributed by atoms with Crippen LogP contribution in [0.15, 0.2) is 17.1 Å². The maximum absolute atomic E-state index is 11.4. The second-order valence-electron chi connectivity index (χ2n) is 4.03. The molecule has 0 bridgehead atoms. The van der Waals surface area contributed by atoms with Crippen molar-refractivity contribution in [2.24, 2.45) is 4.99 Å². The molecule has 0 aliphatic carbocycles. The number of hydrogen-bond acceptors (Lipinski definition) is 4. The van der Waals surface area contributed by atoms with Crippen LogP contribution >= 0.6 is 23.2 Å². The van der Waals surface area contributed by atoms with Gasteiger partial charge in [0.2, 0.25) is 0 Å². The van der Waals surface area contributed by atoms with Crippen LogP contribution < -0.4 is 0 Å². The van der Waals surface area contributed by atoms with E-state index in [1.807, 2.05) is 0 Å². The number of aliphatic imine (C=N–C) groups is 1. The van der Waals surface area contributed by atoms with E-state index >= 15 is 0 Å². The smallest absolute Gasteiger partial charge is 0.189 e. The van der Waals surface area contributed by atoms with Crippen LogP contribution in [0.1, 0.15) is 12.0 Å². The minimum Gasteiger partial charge on any atom is -0.367 e. The molecule has 1 aromatic carbocycles. The third-order valence-corrected chi connectivity index (χ3v) is 3.84. The van der Waals surface area contributed by atoms with Gasteiger partial charge in [-0.2, -0.15) is 0 Å². The van der Waals surface area contributed by atoms with E-state index in [1.54, 1.807) is 17.0 Å². The van der Waals surface area contributed by atoms with Crippen molar-refractivity contribution in [1.82, 2.24) is 4.90 Å². The van der Waals surface area contributed by atoms with E-state index in [1.165, 1.54) is 0 Å². The van der Waals surface area contributed by atoms with E-state index in [2.05, 4.69) is 4.99 Å². The summed E-state index contributed by atoms with van der Waals surface area (Å²) in [7, 11) is 0. The molecule has 0 aromatic heterocycles. The van der Waals surface area contributed by atoms with Gasteiger partial charge < -0.3 is 10.0 Å². The molecule has 17 heavy (non-hydrogen) atoms. The Morgan fingerprint density at radius 2 is 2.18 bits per heavy atom. The third-order valence-electron chi connectivity index (χ3n) is 3.00. The van der Waals surface area contributed by atoms with Crippen LogP contribution in [0, 0.1) is 0 Å². The zero-order chi connectivity index (χ0) is 12.2. The van der Waals surface area contributed by atoms with E-state index in [4.69, 9.17) is 23.2 Å². The largest absolute Gasteiger partial charge is 0.367 e. The van der Waals surface area contributed by atoms with Crippen molar-refractivity contribution in [3.05, 3.63) is 27.7 Å². The van der Waals surface area contributed by atoms with E-state index in [-0.39, 0.29) is 12.2 Å². The van der Waals surface area contributed by atoms with Crippen LogP contribution in [-0.4, -0.2) is 27.9 Å². The highest BCUT2D eigenvalue weighted by Crippen LogP contribution is 2.38. The van der Waals surface area contributed by atoms with Crippen molar-refractivity contribution >= 4 is 40.5 Å². The lowest BCUT2D eigenvalue weighted by atomic mass is 10.1. The van der Waals surface area contributed by atoms with E-state index in [0.717, 1.165) is 5.56 Å². The number of nitrogens with zero attached hydrogens (tertiary/aromatic N) is 2. The normalized spacial score (nSPS) is 22.3. The molecule has 0 spiro atoms. The molecule has 1 atom stereocenters. The van der Waals surface area contributed by atoms with Gasteiger partial charge in [-0.15, -0.1) is 0 Å². The number of aliphatic hydroxyl groups excluding tert-OH is 1. The maximum atomic E-state index is 11.4. The maximum Gasteiger partial charge on any atom is 0.189 e. The molecular weight excluding hydrogens is 263 g/mol. The number of ketones is 1. The zero-order valence-corrected chi connectivity index (χ0v) is 10.2. The third kappa shape index (κ3) is 1.56. The van der Waals surface area contributed by atoms with Gasteiger partial charge in [-0.05, 0) is 12.1 Å². The summed E-state index contributed by atoms with van der Waals surface area (Å²) in [5, 5.41) is 10.6. The lowest BCUT2D eigenvalue weighted by Crippen LogP contribution is -2.36. The number of halogens is 2. The number of benzene rings is 1. The van der Waals surface area contributed by atoms with Crippen molar-refractivity contribution in [1.29, 1.82) is 0 Å². The van der Waals surface area contributed by atoms with Gasteiger partial charge in [-0.25, -0.2) is 4.99 Å². The average molecular weight is 271 g/mol. The lowest BCUT2D eigenvalue weighted by molar-refractivity contribution is -0.129. The molecule has 2 aliphatic heterocycles. The second kappa shape index (κ2) is 3.70. The summed E-state index contributed by atoms with van der Waals surface area (Å²) >= 11 is 12.0. The van der Waals surface area contributed by atoms with Gasteiger partial charge in [0, 0.05) is 5.56 Å². The summed E-state index contributed by atoms with van der Waals surface area (Å²) in [6.07, 6.45) is -0.946. The topological polar surface area (TPSA) is 52.9 Å². The van der Waals surface area contributed by atoms with Crippen LogP contribution in [0.5, 0.6) is 0 Å². The fourth-order valence-electron chi connectivity index (χ4n) is 2.09. The predicted molar refractivity (Wildman–Crippen MR) is 64.7 cm³/mol. The summed E-state index contributed by atoms with van der Waals surface area (Å²) in [4.78, 5) is 17.3. The van der Waals surface area contributed by atoms with Crippen LogP contribution in [0.2, 0.25) is 10.0 Å². The Bertz CT molecular complexity index is 557. The fourth-order valence-corrected chi connectivity index (χ4v) is 2.49. The number of rotatable bonds is 0. The molecule has 0 radical (unpaired) electrons. The molecule has 1 aromatic rings. The summed E-state index contributed by atoms with van der Waals surface area (Å²) in [5.41, 5.74) is 1.46. The molecule has 1 saturated heterocycles. The fraction of sp³-hybridized carbons (Fsp3) is 0.273. The molecule has 3 rings (SSSR count). The summed E-state index contributed by atoms with van der Waals surface area (Å²) in [6, 6.07) is 3.44. The zero-order valence-electron chi connectivity index (χ0n) is 8.65. The molecule has 2 heterocycles. The van der Waals surface area contributed by atoms with Gasteiger partial charge in [0.25, 0.3) is 0 Å². The van der Waals surface area contributed by atoms with E-state index in [9.17, 15) is 9.90 Å². The van der Waals surface area contributed by atoms with Crippen molar-refractivity contribution in [2.75, 3.05) is 0 Å². The molecule has 6 heteroatoms. The number of carbonyl (C=O) groups excluding carboxylic acids is 1. The molecule has 0 saturated carbocycles. The Morgan fingerprint density at radius 3 is 2.94 bits per heavy atom. The highest BCUT2D eigenvalue weighted by atomic mass is 35.5. The van der Waals surface area contributed by atoms with Crippen molar-refractivity contribution in [2.45, 2.75) is 19.2 Å². The standard InChI is InChI=1S/C11H8Cl2N2O2/c12-6-1-2-7-5(10(6)13)4-15-9(14-7)3-8(16)11(15)17/h1-2,11,17H,3-4H2. The molecule has 1 fully saturated rings. The molecule has 1 unspecified atom stereocenters. The van der Waals surface area contributed by atoms with E-state index < -0.39 is 6.23 Å². The Kier molecular flexibility index (Phi) is 2.40. The van der Waals surface area contributed by atoms with Gasteiger partial charge in [-0.1, -0.05) is 23.2 Å². The monoisotopic (exact) mass is 270 g/mol. The Labute approximate surface area is 107 Å².